The average Bonchev–Trinajstić information content (AvgIpc) is 2.66. The lowest BCUT2D eigenvalue weighted by Crippen LogP contribution is -2.41. The van der Waals surface area contributed by atoms with Crippen LogP contribution in [0.2, 0.25) is 0 Å². The summed E-state index contributed by atoms with van der Waals surface area (Å²) in [4.78, 5) is 11.0. The summed E-state index contributed by atoms with van der Waals surface area (Å²) in [6.45, 7) is 7.23. The van der Waals surface area contributed by atoms with Crippen LogP contribution in [0, 0.1) is 0 Å². The summed E-state index contributed by atoms with van der Waals surface area (Å²) in [7, 11) is -0.766. The molecule has 1 heterocycles. The van der Waals surface area contributed by atoms with Crippen LogP contribution in [0.4, 0.5) is 0 Å². The van der Waals surface area contributed by atoms with Crippen molar-refractivity contribution < 1.29 is 29.4 Å². The third kappa shape index (κ3) is 3.42. The molecule has 1 aromatic rings. The molecule has 7 heteroatoms. The summed E-state index contributed by atoms with van der Waals surface area (Å²) < 4.78 is 11.7. The maximum atomic E-state index is 11.0. The molecular weight excluding hydrogens is 299 g/mol. The lowest BCUT2D eigenvalue weighted by atomic mass is 9.77. The standard InChI is InChI=1S/C16H21BO6/c1-15(2)16(3,4)23-17(22-15)12(9-18)8-11-7-10(14(20)21)5-6-13(11)19/h5-8,18-19H,9H2,1-4H3,(H,20,21). The van der Waals surface area contributed by atoms with Crippen molar-refractivity contribution in [2.75, 3.05) is 6.61 Å². The molecule has 0 aromatic heterocycles. The number of benzene rings is 1. The predicted octanol–water partition coefficient (Wildman–Crippen LogP) is 2.10. The van der Waals surface area contributed by atoms with Crippen LogP contribution >= 0.6 is 0 Å². The molecule has 0 radical (unpaired) electrons. The second-order valence-electron chi connectivity index (χ2n) is 6.54. The highest BCUT2D eigenvalue weighted by Crippen LogP contribution is 2.39. The van der Waals surface area contributed by atoms with Crippen LogP contribution in [0.25, 0.3) is 6.08 Å². The fourth-order valence-corrected chi connectivity index (χ4v) is 2.19. The van der Waals surface area contributed by atoms with Gasteiger partial charge in [-0.05, 0) is 51.4 Å². The van der Waals surface area contributed by atoms with Crippen LogP contribution in [0.15, 0.2) is 23.7 Å². The molecule has 0 aliphatic carbocycles. The Bertz CT molecular complexity index is 634. The molecule has 1 aliphatic rings. The Morgan fingerprint density at radius 1 is 1.22 bits per heavy atom. The number of aromatic carboxylic acids is 1. The first-order valence-corrected chi connectivity index (χ1v) is 7.30. The quantitative estimate of drug-likeness (QED) is 0.735. The molecule has 1 aromatic carbocycles. The summed E-state index contributed by atoms with van der Waals surface area (Å²) >= 11 is 0. The minimum atomic E-state index is -1.10. The molecule has 0 saturated carbocycles. The molecule has 124 valence electrons. The second-order valence-corrected chi connectivity index (χ2v) is 6.54. The fourth-order valence-electron chi connectivity index (χ4n) is 2.19. The van der Waals surface area contributed by atoms with Crippen molar-refractivity contribution in [3.8, 4) is 5.75 Å². The predicted molar refractivity (Wildman–Crippen MR) is 86.2 cm³/mol. The molecule has 6 nitrogen and oxygen atoms in total. The third-order valence-electron chi connectivity index (χ3n) is 4.35. The van der Waals surface area contributed by atoms with Gasteiger partial charge in [0.2, 0.25) is 0 Å². The van der Waals surface area contributed by atoms with Crippen molar-refractivity contribution in [1.82, 2.24) is 0 Å². The van der Waals surface area contributed by atoms with Gasteiger partial charge in [0.1, 0.15) is 5.75 Å². The lowest BCUT2D eigenvalue weighted by molar-refractivity contribution is 0.00578. The van der Waals surface area contributed by atoms with Gasteiger partial charge in [0.05, 0.1) is 23.4 Å². The number of phenols is 1. The molecule has 23 heavy (non-hydrogen) atoms. The zero-order valence-corrected chi connectivity index (χ0v) is 13.7. The highest BCUT2D eigenvalue weighted by atomic mass is 16.7. The molecule has 0 amide bonds. The van der Waals surface area contributed by atoms with E-state index < -0.39 is 24.3 Å². The Labute approximate surface area is 135 Å². The van der Waals surface area contributed by atoms with E-state index in [4.69, 9.17) is 14.4 Å². The van der Waals surface area contributed by atoms with Crippen molar-refractivity contribution in [2.24, 2.45) is 0 Å². The van der Waals surface area contributed by atoms with Crippen molar-refractivity contribution in [3.63, 3.8) is 0 Å². The van der Waals surface area contributed by atoms with Crippen molar-refractivity contribution in [3.05, 3.63) is 34.8 Å². The van der Waals surface area contributed by atoms with E-state index in [0.29, 0.717) is 5.47 Å². The maximum Gasteiger partial charge on any atom is 0.492 e. The van der Waals surface area contributed by atoms with E-state index in [-0.39, 0.29) is 23.5 Å². The summed E-state index contributed by atoms with van der Waals surface area (Å²) in [5.74, 6) is -1.18. The van der Waals surface area contributed by atoms with Gasteiger partial charge in [-0.3, -0.25) is 0 Å². The first-order chi connectivity index (χ1) is 10.6. The molecule has 1 fully saturated rings. The molecule has 1 aliphatic heterocycles. The Kier molecular flexibility index (Phi) is 4.57. The Hall–Kier alpha value is -1.83. The number of carboxylic acids is 1. The number of carbonyl (C=O) groups is 1. The molecule has 2 rings (SSSR count). The number of carboxylic acid groups (broad SMARTS) is 1. The van der Waals surface area contributed by atoms with E-state index in [1.807, 2.05) is 27.7 Å². The van der Waals surface area contributed by atoms with Crippen molar-refractivity contribution in [2.45, 2.75) is 38.9 Å². The third-order valence-corrected chi connectivity index (χ3v) is 4.35. The number of rotatable bonds is 4. The Morgan fingerprint density at radius 2 is 1.78 bits per heavy atom. The van der Waals surface area contributed by atoms with Gasteiger partial charge >= 0.3 is 13.1 Å². The minimum absolute atomic E-state index is 0.0419. The zero-order valence-electron chi connectivity index (χ0n) is 13.7. The van der Waals surface area contributed by atoms with Gasteiger partial charge in [0, 0.05) is 5.56 Å². The second kappa shape index (κ2) is 6.00. The first kappa shape index (κ1) is 17.5. The smallest absolute Gasteiger partial charge is 0.492 e. The van der Waals surface area contributed by atoms with Crippen molar-refractivity contribution >= 4 is 19.2 Å². The summed E-state index contributed by atoms with van der Waals surface area (Å²) in [5.41, 5.74) is -0.390. The number of aliphatic hydroxyl groups is 1. The van der Waals surface area contributed by atoms with Gasteiger partial charge in [0.25, 0.3) is 0 Å². The van der Waals surface area contributed by atoms with Gasteiger partial charge in [-0.15, -0.1) is 0 Å². The molecule has 0 unspecified atom stereocenters. The molecular formula is C16H21BO6. The minimum Gasteiger partial charge on any atom is -0.507 e. The van der Waals surface area contributed by atoms with E-state index in [0.717, 1.165) is 0 Å². The van der Waals surface area contributed by atoms with Crippen LogP contribution in [0.1, 0.15) is 43.6 Å². The SMILES string of the molecule is CC1(C)OB(C(=Cc2cc(C(=O)O)ccc2O)CO)OC1(C)C. The fraction of sp³-hybridized carbons (Fsp3) is 0.438. The largest absolute Gasteiger partial charge is 0.507 e. The Morgan fingerprint density at radius 3 is 2.26 bits per heavy atom. The molecule has 0 spiro atoms. The van der Waals surface area contributed by atoms with Crippen LogP contribution in [-0.2, 0) is 9.31 Å². The monoisotopic (exact) mass is 320 g/mol. The normalized spacial score (nSPS) is 19.9. The van der Waals surface area contributed by atoms with Gasteiger partial charge < -0.3 is 24.6 Å². The van der Waals surface area contributed by atoms with E-state index in [1.54, 1.807) is 0 Å². The number of aliphatic hydroxyl groups excluding tert-OH is 1. The van der Waals surface area contributed by atoms with E-state index in [1.165, 1.54) is 24.3 Å². The van der Waals surface area contributed by atoms with Crippen LogP contribution in [0.3, 0.4) is 0 Å². The summed E-state index contributed by atoms with van der Waals surface area (Å²) in [5, 5.41) is 28.6. The van der Waals surface area contributed by atoms with Crippen LogP contribution < -0.4 is 0 Å². The first-order valence-electron chi connectivity index (χ1n) is 7.30. The van der Waals surface area contributed by atoms with E-state index in [9.17, 15) is 15.0 Å². The van der Waals surface area contributed by atoms with Gasteiger partial charge in [-0.1, -0.05) is 6.08 Å². The highest BCUT2D eigenvalue weighted by Gasteiger charge is 2.52. The number of aromatic hydroxyl groups is 1. The lowest BCUT2D eigenvalue weighted by Gasteiger charge is -2.32. The molecule has 0 bridgehead atoms. The summed E-state index contributed by atoms with van der Waals surface area (Å²) in [6, 6.07) is 3.94. The average molecular weight is 320 g/mol. The zero-order chi connectivity index (χ0) is 17.4. The molecule has 1 saturated heterocycles. The van der Waals surface area contributed by atoms with E-state index in [2.05, 4.69) is 0 Å². The molecule has 3 N–H and O–H groups in total. The topological polar surface area (TPSA) is 96.2 Å². The number of hydrogen-bond acceptors (Lipinski definition) is 5. The highest BCUT2D eigenvalue weighted by molar-refractivity contribution is 6.55. The Balaban J connectivity index is 2.37. The van der Waals surface area contributed by atoms with Crippen LogP contribution in [0.5, 0.6) is 5.75 Å². The van der Waals surface area contributed by atoms with Gasteiger partial charge in [-0.25, -0.2) is 4.79 Å². The molecule has 0 atom stereocenters. The van der Waals surface area contributed by atoms with Gasteiger partial charge in [0.15, 0.2) is 0 Å². The number of phenolic OH excluding ortho intramolecular Hbond substituents is 1. The van der Waals surface area contributed by atoms with Gasteiger partial charge in [-0.2, -0.15) is 0 Å². The maximum absolute atomic E-state index is 11.0. The summed E-state index contributed by atoms with van der Waals surface area (Å²) in [6.07, 6.45) is 1.49. The number of hydrogen-bond donors (Lipinski definition) is 3. The van der Waals surface area contributed by atoms with E-state index >= 15 is 0 Å². The van der Waals surface area contributed by atoms with Crippen molar-refractivity contribution in [1.29, 1.82) is 0 Å². The van der Waals surface area contributed by atoms with Crippen LogP contribution in [-0.4, -0.2) is 46.2 Å².